The molecule has 0 radical (unpaired) electrons. The minimum atomic E-state index is -0.962. The van der Waals surface area contributed by atoms with Crippen LogP contribution >= 0.6 is 0 Å². The average molecular weight is 360 g/mol. The van der Waals surface area contributed by atoms with E-state index in [-0.39, 0.29) is 18.3 Å². The van der Waals surface area contributed by atoms with Gasteiger partial charge in [0.25, 0.3) is 0 Å². The predicted octanol–water partition coefficient (Wildman–Crippen LogP) is 3.38. The smallest absolute Gasteiger partial charge is 0.303 e. The average Bonchev–Trinajstić information content (AvgIpc) is 3.12. The van der Waals surface area contributed by atoms with Gasteiger partial charge in [0.15, 0.2) is 0 Å². The Morgan fingerprint density at radius 3 is 2.62 bits per heavy atom. The highest BCUT2D eigenvalue weighted by atomic mass is 16.4. The van der Waals surface area contributed by atoms with Crippen molar-refractivity contribution in [3.63, 3.8) is 0 Å². The topological polar surface area (TPSA) is 77.8 Å². The van der Waals surface area contributed by atoms with Gasteiger partial charge in [0.2, 0.25) is 0 Å². The minimum Gasteiger partial charge on any atom is -0.481 e. The van der Waals surface area contributed by atoms with Crippen molar-refractivity contribution in [3.05, 3.63) is 11.6 Å². The van der Waals surface area contributed by atoms with Gasteiger partial charge in [0, 0.05) is 6.42 Å². The van der Waals surface area contributed by atoms with Crippen molar-refractivity contribution in [1.29, 1.82) is 0 Å². The molecule has 0 bridgehead atoms. The first kappa shape index (κ1) is 19.5. The molecule has 0 spiro atoms. The summed E-state index contributed by atoms with van der Waals surface area (Å²) in [5, 5.41) is 30.1. The number of fused-ring (bicyclic) bond motifs is 1. The molecule has 2 unspecified atom stereocenters. The van der Waals surface area contributed by atoms with Crippen molar-refractivity contribution in [2.24, 2.45) is 29.6 Å². The first-order valence-electron chi connectivity index (χ1n) is 10.2. The van der Waals surface area contributed by atoms with E-state index in [1.165, 1.54) is 18.4 Å². The fourth-order valence-electron chi connectivity index (χ4n) is 5.43. The third-order valence-electron chi connectivity index (χ3n) is 6.98. The molecular weight excluding hydrogens is 328 g/mol. The number of hydrogen-bond acceptors (Lipinski definition) is 3. The van der Waals surface area contributed by atoms with Gasteiger partial charge in [0.05, 0.1) is 12.0 Å². The van der Waals surface area contributed by atoms with Gasteiger partial charge in [-0.2, -0.15) is 0 Å². The summed E-state index contributed by atoms with van der Waals surface area (Å²) >= 11 is 0. The molecule has 3 saturated carbocycles. The number of aliphatic carboxylic acids is 1. The lowest BCUT2D eigenvalue weighted by atomic mass is 9.51. The van der Waals surface area contributed by atoms with Gasteiger partial charge in [-0.15, -0.1) is 0 Å². The van der Waals surface area contributed by atoms with Crippen molar-refractivity contribution < 1.29 is 20.1 Å². The van der Waals surface area contributed by atoms with Crippen LogP contribution in [0.15, 0.2) is 11.6 Å². The first-order valence-corrected chi connectivity index (χ1v) is 10.2. The van der Waals surface area contributed by atoms with E-state index < -0.39 is 17.7 Å². The molecule has 0 aromatic rings. The molecule has 0 heterocycles. The standard InChI is InChI=1S/C22H32O4/c1-14-16(8-5-9-20(24)25)17-10-11-19(23)18(21(14)17)12-13-22(2,26)15-6-3-4-7-15/h8,14-15,17-19,21,23,26H,3-7,9-11H2,1-2H3,(H,24,25)/t14?,17-,18+,19-,21+,22?/m1/s1. The summed E-state index contributed by atoms with van der Waals surface area (Å²) in [5.74, 6) is 6.87. The summed E-state index contributed by atoms with van der Waals surface area (Å²) in [7, 11) is 0. The summed E-state index contributed by atoms with van der Waals surface area (Å²) in [5.41, 5.74) is 0.383. The van der Waals surface area contributed by atoms with E-state index in [2.05, 4.69) is 24.8 Å². The number of allylic oxidation sites excluding steroid dienone is 2. The van der Waals surface area contributed by atoms with Crippen molar-refractivity contribution in [2.45, 2.75) is 76.9 Å². The molecule has 0 aromatic heterocycles. The monoisotopic (exact) mass is 360 g/mol. The summed E-state index contributed by atoms with van der Waals surface area (Å²) in [6, 6.07) is 0. The van der Waals surface area contributed by atoms with Crippen LogP contribution in [0.4, 0.5) is 0 Å². The molecule has 4 heteroatoms. The lowest BCUT2D eigenvalue weighted by Gasteiger charge is -2.53. The zero-order valence-corrected chi connectivity index (χ0v) is 15.9. The Bertz CT molecular complexity index is 618. The quantitative estimate of drug-likeness (QED) is 0.530. The van der Waals surface area contributed by atoms with Crippen LogP contribution in [-0.2, 0) is 4.79 Å². The highest BCUT2D eigenvalue weighted by Gasteiger charge is 2.51. The van der Waals surface area contributed by atoms with Crippen LogP contribution in [0, 0.1) is 41.4 Å². The molecule has 3 N–H and O–H groups in total. The van der Waals surface area contributed by atoms with Gasteiger partial charge in [0.1, 0.15) is 5.60 Å². The van der Waals surface area contributed by atoms with E-state index in [1.54, 1.807) is 0 Å². The molecule has 0 saturated heterocycles. The maximum Gasteiger partial charge on any atom is 0.303 e. The Kier molecular flexibility index (Phi) is 5.79. The molecule has 3 rings (SSSR count). The van der Waals surface area contributed by atoms with E-state index in [4.69, 9.17) is 5.11 Å². The normalized spacial score (nSPS) is 38.0. The Hall–Kier alpha value is -1.31. The van der Waals surface area contributed by atoms with E-state index in [0.29, 0.717) is 24.2 Å². The third-order valence-corrected chi connectivity index (χ3v) is 6.98. The predicted molar refractivity (Wildman–Crippen MR) is 100 cm³/mol. The van der Waals surface area contributed by atoms with Gasteiger partial charge >= 0.3 is 5.97 Å². The minimum absolute atomic E-state index is 0.0896. The molecule has 0 aliphatic heterocycles. The number of rotatable bonds is 4. The highest BCUT2D eigenvalue weighted by molar-refractivity contribution is 5.66. The van der Waals surface area contributed by atoms with Crippen LogP contribution in [0.25, 0.3) is 0 Å². The molecule has 3 fully saturated rings. The number of carboxylic acid groups (broad SMARTS) is 1. The molecule has 144 valence electrons. The van der Waals surface area contributed by atoms with Crippen LogP contribution in [0.5, 0.6) is 0 Å². The van der Waals surface area contributed by atoms with Crippen molar-refractivity contribution in [1.82, 2.24) is 0 Å². The van der Waals surface area contributed by atoms with Crippen molar-refractivity contribution in [3.8, 4) is 11.8 Å². The largest absolute Gasteiger partial charge is 0.481 e. The van der Waals surface area contributed by atoms with E-state index >= 15 is 0 Å². The highest BCUT2D eigenvalue weighted by Crippen LogP contribution is 2.55. The zero-order chi connectivity index (χ0) is 18.9. The maximum atomic E-state index is 10.8. The number of aliphatic hydroxyl groups is 2. The fraction of sp³-hybridized carbons (Fsp3) is 0.773. The van der Waals surface area contributed by atoms with Crippen molar-refractivity contribution >= 4 is 5.97 Å². The SMILES string of the molecule is CC1C(=CCCC(=O)O)[C@H]2CC[C@@H](O)[C@H](C#CC(C)(O)C3CCCC3)[C@@H]12. The number of hydrogen-bond donors (Lipinski definition) is 3. The summed E-state index contributed by atoms with van der Waals surface area (Å²) in [6.45, 7) is 3.99. The molecular formula is C22H32O4. The second-order valence-electron chi connectivity index (χ2n) is 8.68. The lowest BCUT2D eigenvalue weighted by Crippen LogP contribution is -2.50. The van der Waals surface area contributed by atoms with Crippen LogP contribution in [0.3, 0.4) is 0 Å². The van der Waals surface area contributed by atoms with Crippen LogP contribution < -0.4 is 0 Å². The van der Waals surface area contributed by atoms with E-state index in [9.17, 15) is 15.0 Å². The summed E-state index contributed by atoms with van der Waals surface area (Å²) in [4.78, 5) is 10.7. The third kappa shape index (κ3) is 3.85. The van der Waals surface area contributed by atoms with Crippen LogP contribution in [-0.4, -0.2) is 33.0 Å². The van der Waals surface area contributed by atoms with Crippen molar-refractivity contribution in [2.75, 3.05) is 0 Å². The second-order valence-corrected chi connectivity index (χ2v) is 8.68. The van der Waals surface area contributed by atoms with Gasteiger partial charge in [-0.3, -0.25) is 4.79 Å². The molecule has 3 aliphatic carbocycles. The van der Waals surface area contributed by atoms with E-state index in [1.807, 2.05) is 6.92 Å². The Balaban J connectivity index is 1.70. The number of carbonyl (C=O) groups is 1. The molecule has 0 amide bonds. The summed E-state index contributed by atoms with van der Waals surface area (Å²) in [6.07, 6.45) is 8.50. The summed E-state index contributed by atoms with van der Waals surface area (Å²) < 4.78 is 0. The number of aliphatic hydroxyl groups excluding tert-OH is 1. The molecule has 6 atom stereocenters. The van der Waals surface area contributed by atoms with Gasteiger partial charge < -0.3 is 15.3 Å². The van der Waals surface area contributed by atoms with E-state index in [0.717, 1.165) is 25.7 Å². The second kappa shape index (κ2) is 7.74. The van der Waals surface area contributed by atoms with Gasteiger partial charge in [-0.25, -0.2) is 0 Å². The van der Waals surface area contributed by atoms with Crippen LogP contribution in [0.1, 0.15) is 65.2 Å². The fourth-order valence-corrected chi connectivity index (χ4v) is 5.43. The van der Waals surface area contributed by atoms with Gasteiger partial charge in [-0.1, -0.05) is 43.3 Å². The van der Waals surface area contributed by atoms with Crippen LogP contribution in [0.2, 0.25) is 0 Å². The Morgan fingerprint density at radius 1 is 1.27 bits per heavy atom. The molecule has 26 heavy (non-hydrogen) atoms. The molecule has 3 aliphatic rings. The maximum absolute atomic E-state index is 10.8. The Labute approximate surface area is 156 Å². The Morgan fingerprint density at radius 2 is 1.96 bits per heavy atom. The molecule has 4 nitrogen and oxygen atoms in total. The number of carboxylic acids is 1. The first-order chi connectivity index (χ1) is 12.3. The lowest BCUT2D eigenvalue weighted by molar-refractivity contribution is -0.136. The van der Waals surface area contributed by atoms with Gasteiger partial charge in [-0.05, 0) is 62.7 Å². The molecule has 0 aromatic carbocycles. The zero-order valence-electron chi connectivity index (χ0n) is 15.9.